The summed E-state index contributed by atoms with van der Waals surface area (Å²) in [7, 11) is 1.54. The number of carbonyl (C=O) groups excluding carboxylic acids is 2. The van der Waals surface area contributed by atoms with E-state index in [4.69, 9.17) is 0 Å². The van der Waals surface area contributed by atoms with Gasteiger partial charge >= 0.3 is 0 Å². The second kappa shape index (κ2) is 9.89. The van der Waals surface area contributed by atoms with Gasteiger partial charge in [0.15, 0.2) is 0 Å². The second-order valence-corrected chi connectivity index (χ2v) is 7.72. The number of carbonyl (C=O) groups is 2. The summed E-state index contributed by atoms with van der Waals surface area (Å²) in [5.41, 5.74) is 1.10. The van der Waals surface area contributed by atoms with Crippen LogP contribution in [-0.4, -0.2) is 29.5 Å². The molecule has 0 aromatic heterocycles. The predicted octanol–water partition coefficient (Wildman–Crippen LogP) is 4.34. The van der Waals surface area contributed by atoms with Crippen molar-refractivity contribution in [2.24, 2.45) is 5.92 Å². The minimum absolute atomic E-state index is 0.0728. The third-order valence-corrected chi connectivity index (χ3v) is 5.10. The Morgan fingerprint density at radius 2 is 1.71 bits per heavy atom. The minimum Gasteiger partial charge on any atom is -0.355 e. The molecule has 0 fully saturated rings. The lowest BCUT2D eigenvalue weighted by atomic mass is 10.1. The summed E-state index contributed by atoms with van der Waals surface area (Å²) < 4.78 is 0. The van der Waals surface area contributed by atoms with Crippen LogP contribution < -0.4 is 10.6 Å². The van der Waals surface area contributed by atoms with E-state index in [1.807, 2.05) is 0 Å². The van der Waals surface area contributed by atoms with Gasteiger partial charge < -0.3 is 10.6 Å². The molecule has 0 bridgehead atoms. The molecule has 0 atom stereocenters. The van der Waals surface area contributed by atoms with Gasteiger partial charge in [-0.25, -0.2) is 0 Å². The van der Waals surface area contributed by atoms with E-state index in [0.717, 1.165) is 12.2 Å². The van der Waals surface area contributed by atoms with Gasteiger partial charge in [0.25, 0.3) is 17.5 Å². The van der Waals surface area contributed by atoms with Crippen molar-refractivity contribution >= 4 is 35.0 Å². The van der Waals surface area contributed by atoms with E-state index >= 15 is 0 Å². The van der Waals surface area contributed by atoms with Crippen molar-refractivity contribution in [3.63, 3.8) is 0 Å². The maximum Gasteiger partial charge on any atom is 0.283 e. The summed E-state index contributed by atoms with van der Waals surface area (Å²) in [6.45, 7) is 4.20. The summed E-state index contributed by atoms with van der Waals surface area (Å²) in [6, 6.07) is 10.9. The number of nitrogens with one attached hydrogen (secondary N) is 2. The average Bonchev–Trinajstić information content (AvgIpc) is 2.67. The van der Waals surface area contributed by atoms with E-state index in [-0.39, 0.29) is 17.2 Å². The first kappa shape index (κ1) is 21.4. The van der Waals surface area contributed by atoms with E-state index in [0.29, 0.717) is 22.1 Å². The van der Waals surface area contributed by atoms with Crippen LogP contribution in [-0.2, 0) is 0 Å². The van der Waals surface area contributed by atoms with Gasteiger partial charge in [-0.3, -0.25) is 19.7 Å². The van der Waals surface area contributed by atoms with Crippen molar-refractivity contribution in [2.75, 3.05) is 18.1 Å². The van der Waals surface area contributed by atoms with Crippen molar-refractivity contribution in [3.8, 4) is 0 Å². The van der Waals surface area contributed by atoms with Crippen LogP contribution >= 0.6 is 11.8 Å². The molecule has 28 heavy (non-hydrogen) atoms. The van der Waals surface area contributed by atoms with Crippen molar-refractivity contribution in [3.05, 3.63) is 63.7 Å². The summed E-state index contributed by atoms with van der Waals surface area (Å²) in [4.78, 5) is 35.5. The van der Waals surface area contributed by atoms with Crippen LogP contribution in [0.2, 0.25) is 0 Å². The molecule has 0 aliphatic heterocycles. The summed E-state index contributed by atoms with van der Waals surface area (Å²) >= 11 is 1.42. The lowest BCUT2D eigenvalue weighted by molar-refractivity contribution is -0.387. The summed E-state index contributed by atoms with van der Waals surface area (Å²) in [5, 5.41) is 16.6. The summed E-state index contributed by atoms with van der Waals surface area (Å²) in [5.74, 6) is 0.627. The predicted molar refractivity (Wildman–Crippen MR) is 111 cm³/mol. The Kier molecular flexibility index (Phi) is 7.57. The third kappa shape index (κ3) is 5.82. The van der Waals surface area contributed by atoms with Gasteiger partial charge in [0.05, 0.1) is 9.82 Å². The maximum absolute atomic E-state index is 12.5. The molecule has 0 unspecified atom stereocenters. The topological polar surface area (TPSA) is 101 Å². The molecule has 2 amide bonds. The van der Waals surface area contributed by atoms with Gasteiger partial charge in [-0.1, -0.05) is 13.8 Å². The molecule has 0 aliphatic carbocycles. The Morgan fingerprint density at radius 3 is 2.29 bits per heavy atom. The molecule has 0 radical (unpaired) electrons. The van der Waals surface area contributed by atoms with Gasteiger partial charge in [-0.05, 0) is 54.5 Å². The molecular formula is C20H23N3O4S. The molecule has 8 heteroatoms. The number of rotatable bonds is 8. The SMILES string of the molecule is CNC(=O)c1ccc(NC(=O)c2ccc(SCCC(C)C)c([N+](=O)[O-])c2)cc1. The van der Waals surface area contributed by atoms with Crippen molar-refractivity contribution in [1.29, 1.82) is 0 Å². The average molecular weight is 401 g/mol. The first-order valence-corrected chi connectivity index (χ1v) is 9.85. The van der Waals surface area contributed by atoms with Crippen molar-refractivity contribution in [2.45, 2.75) is 25.2 Å². The number of nitrogens with zero attached hydrogens (tertiary/aromatic N) is 1. The van der Waals surface area contributed by atoms with Gasteiger partial charge in [-0.2, -0.15) is 0 Å². The van der Waals surface area contributed by atoms with Gasteiger partial charge in [0, 0.05) is 29.9 Å². The molecule has 2 N–H and O–H groups in total. The maximum atomic E-state index is 12.5. The monoisotopic (exact) mass is 401 g/mol. The molecule has 0 saturated carbocycles. The molecule has 2 rings (SSSR count). The molecule has 148 valence electrons. The van der Waals surface area contributed by atoms with E-state index in [9.17, 15) is 19.7 Å². The quantitative estimate of drug-likeness (QED) is 0.389. The normalized spacial score (nSPS) is 10.6. The largest absolute Gasteiger partial charge is 0.355 e. The molecule has 7 nitrogen and oxygen atoms in total. The number of anilines is 1. The highest BCUT2D eigenvalue weighted by Crippen LogP contribution is 2.31. The fraction of sp³-hybridized carbons (Fsp3) is 0.300. The number of thioether (sulfide) groups is 1. The van der Waals surface area contributed by atoms with Crippen LogP contribution in [0.5, 0.6) is 0 Å². The zero-order valence-electron chi connectivity index (χ0n) is 16.0. The van der Waals surface area contributed by atoms with E-state index in [2.05, 4.69) is 24.5 Å². The van der Waals surface area contributed by atoms with Crippen LogP contribution in [0.3, 0.4) is 0 Å². The van der Waals surface area contributed by atoms with Crippen molar-refractivity contribution in [1.82, 2.24) is 5.32 Å². The van der Waals surface area contributed by atoms with E-state index in [1.165, 1.54) is 24.9 Å². The highest BCUT2D eigenvalue weighted by molar-refractivity contribution is 7.99. The van der Waals surface area contributed by atoms with Crippen molar-refractivity contribution < 1.29 is 14.5 Å². The number of nitro groups is 1. The van der Waals surface area contributed by atoms with Crippen LogP contribution in [0.1, 0.15) is 41.0 Å². The molecule has 0 heterocycles. The van der Waals surface area contributed by atoms with Gasteiger partial charge in [0.2, 0.25) is 0 Å². The fourth-order valence-corrected chi connectivity index (χ4v) is 3.64. The standard InChI is InChI=1S/C20H23N3O4S/c1-13(2)10-11-28-18-9-6-15(12-17(18)23(26)27)20(25)22-16-7-4-14(5-8-16)19(24)21-3/h4-9,12-13H,10-11H2,1-3H3,(H,21,24)(H,22,25). The fourth-order valence-electron chi connectivity index (χ4n) is 2.38. The first-order valence-electron chi connectivity index (χ1n) is 8.86. The Labute approximate surface area is 168 Å². The van der Waals surface area contributed by atoms with E-state index < -0.39 is 10.8 Å². The highest BCUT2D eigenvalue weighted by Gasteiger charge is 2.18. The van der Waals surface area contributed by atoms with Crippen LogP contribution in [0, 0.1) is 16.0 Å². The number of nitro benzene ring substituents is 1. The number of benzene rings is 2. The molecule has 0 spiro atoms. The molecule has 0 saturated heterocycles. The zero-order chi connectivity index (χ0) is 20.7. The lowest BCUT2D eigenvalue weighted by Gasteiger charge is -2.09. The van der Waals surface area contributed by atoms with Crippen LogP contribution in [0.15, 0.2) is 47.4 Å². The van der Waals surface area contributed by atoms with Gasteiger partial charge in [-0.15, -0.1) is 11.8 Å². The van der Waals surface area contributed by atoms with Crippen LogP contribution in [0.4, 0.5) is 11.4 Å². The number of amides is 2. The van der Waals surface area contributed by atoms with Gasteiger partial charge in [0.1, 0.15) is 0 Å². The lowest BCUT2D eigenvalue weighted by Crippen LogP contribution is -2.18. The Bertz CT molecular complexity index is 866. The second-order valence-electron chi connectivity index (χ2n) is 6.58. The van der Waals surface area contributed by atoms with Crippen LogP contribution in [0.25, 0.3) is 0 Å². The molecule has 0 aliphatic rings. The number of hydrogen-bond donors (Lipinski definition) is 2. The smallest absolute Gasteiger partial charge is 0.283 e. The third-order valence-electron chi connectivity index (χ3n) is 4.00. The zero-order valence-corrected chi connectivity index (χ0v) is 16.8. The Hall–Kier alpha value is -2.87. The Morgan fingerprint density at radius 1 is 1.07 bits per heavy atom. The summed E-state index contributed by atoms with van der Waals surface area (Å²) in [6.07, 6.45) is 0.954. The molecule has 2 aromatic rings. The molecule has 2 aromatic carbocycles. The highest BCUT2D eigenvalue weighted by atomic mass is 32.2. The Balaban J connectivity index is 2.13. The first-order chi connectivity index (χ1) is 13.3. The van der Waals surface area contributed by atoms with E-state index in [1.54, 1.807) is 36.4 Å². The molecular weight excluding hydrogens is 378 g/mol. The number of hydrogen-bond acceptors (Lipinski definition) is 5. The minimum atomic E-state index is -0.466.